The molecule has 2 aliphatic rings. The van der Waals surface area contributed by atoms with E-state index in [0.29, 0.717) is 6.42 Å². The highest BCUT2D eigenvalue weighted by Crippen LogP contribution is 2.61. The molecule has 1 aromatic carbocycles. The van der Waals surface area contributed by atoms with Crippen LogP contribution < -0.4 is 0 Å². The lowest BCUT2D eigenvalue weighted by Crippen LogP contribution is -2.55. The average molecular weight is 534 g/mol. The van der Waals surface area contributed by atoms with Gasteiger partial charge in [-0.3, -0.25) is 4.98 Å². The van der Waals surface area contributed by atoms with Crippen LogP contribution in [0.2, 0.25) is 18.1 Å². The summed E-state index contributed by atoms with van der Waals surface area (Å²) in [6.45, 7) is 11.2. The van der Waals surface area contributed by atoms with Gasteiger partial charge in [0.2, 0.25) is 0 Å². The van der Waals surface area contributed by atoms with Gasteiger partial charge in [-0.25, -0.2) is 9.07 Å². The van der Waals surface area contributed by atoms with Crippen molar-refractivity contribution in [3.63, 3.8) is 0 Å². The van der Waals surface area contributed by atoms with Crippen LogP contribution in [0.3, 0.4) is 0 Å². The number of benzene rings is 1. The van der Waals surface area contributed by atoms with E-state index < -0.39 is 20.0 Å². The number of pyridine rings is 1. The first-order valence-electron chi connectivity index (χ1n) is 14.0. The number of aliphatic hydroxyl groups excluding tert-OH is 1. The lowest BCUT2D eigenvalue weighted by molar-refractivity contribution is -0.0623. The Morgan fingerprint density at radius 1 is 1.13 bits per heavy atom. The smallest absolute Gasteiger partial charge is 0.192 e. The first kappa shape index (κ1) is 27.0. The summed E-state index contributed by atoms with van der Waals surface area (Å²) in [7, 11) is -2.02. The normalized spacial score (nSPS) is 23.6. The van der Waals surface area contributed by atoms with Crippen LogP contribution in [0.25, 0.3) is 11.8 Å². The van der Waals surface area contributed by atoms with E-state index in [1.807, 2.05) is 29.9 Å². The molecule has 0 bridgehead atoms. The summed E-state index contributed by atoms with van der Waals surface area (Å²) in [4.78, 5) is 4.57. The van der Waals surface area contributed by atoms with Crippen molar-refractivity contribution in [2.75, 3.05) is 0 Å². The molecule has 0 amide bonds. The fraction of sp³-hybridized carbons (Fsp3) is 0.484. The monoisotopic (exact) mass is 533 g/mol. The molecular formula is C31H40FN3O2Si. The van der Waals surface area contributed by atoms with Gasteiger partial charge in [0, 0.05) is 18.0 Å². The molecule has 0 saturated heterocycles. The third kappa shape index (κ3) is 4.38. The molecule has 0 aliphatic heterocycles. The van der Waals surface area contributed by atoms with Gasteiger partial charge in [0.15, 0.2) is 8.32 Å². The summed E-state index contributed by atoms with van der Waals surface area (Å²) in [6.07, 6.45) is 8.41. The predicted octanol–water partition coefficient (Wildman–Crippen LogP) is 7.34. The molecule has 2 unspecified atom stereocenters. The lowest BCUT2D eigenvalue weighted by Gasteiger charge is -2.51. The summed E-state index contributed by atoms with van der Waals surface area (Å²) < 4.78 is 23.0. The zero-order chi connectivity index (χ0) is 27.1. The summed E-state index contributed by atoms with van der Waals surface area (Å²) in [6, 6.07) is 13.6. The molecule has 3 aromatic rings. The van der Waals surface area contributed by atoms with Crippen LogP contribution in [-0.2, 0) is 10.8 Å². The second kappa shape index (κ2) is 10.2. The molecule has 0 radical (unpaired) electrons. The average Bonchev–Trinajstić information content (AvgIpc) is 3.44. The Labute approximate surface area is 226 Å². The molecule has 7 heteroatoms. The lowest BCUT2D eigenvalue weighted by atomic mass is 9.65. The van der Waals surface area contributed by atoms with Crippen molar-refractivity contribution in [1.29, 1.82) is 0 Å². The Hall–Kier alpha value is -2.61. The molecule has 2 heterocycles. The Kier molecular flexibility index (Phi) is 7.22. The van der Waals surface area contributed by atoms with E-state index in [9.17, 15) is 9.50 Å². The number of hydrogen-bond acceptors (Lipinski definition) is 4. The Morgan fingerprint density at radius 3 is 2.50 bits per heavy atom. The maximum Gasteiger partial charge on any atom is 0.192 e. The zero-order valence-electron chi connectivity index (χ0n) is 23.3. The van der Waals surface area contributed by atoms with Gasteiger partial charge in [-0.1, -0.05) is 39.3 Å². The van der Waals surface area contributed by atoms with Crippen LogP contribution in [0.15, 0.2) is 54.4 Å². The molecule has 202 valence electrons. The van der Waals surface area contributed by atoms with Crippen LogP contribution in [0, 0.1) is 18.2 Å². The molecule has 1 N–H and O–H groups in total. The molecule has 3 atom stereocenters. The van der Waals surface area contributed by atoms with Crippen LogP contribution in [0.5, 0.6) is 0 Å². The molecule has 38 heavy (non-hydrogen) atoms. The van der Waals surface area contributed by atoms with Crippen molar-refractivity contribution in [3.05, 3.63) is 82.7 Å². The van der Waals surface area contributed by atoms with E-state index in [4.69, 9.17) is 9.52 Å². The maximum absolute atomic E-state index is 13.6. The minimum Gasteiger partial charge on any atom is -0.410 e. The largest absolute Gasteiger partial charge is 0.410 e. The first-order chi connectivity index (χ1) is 18.2. The minimum absolute atomic E-state index is 0.254. The fourth-order valence-electron chi connectivity index (χ4n) is 6.87. The van der Waals surface area contributed by atoms with E-state index in [-0.39, 0.29) is 11.2 Å². The minimum atomic E-state index is -2.02. The van der Waals surface area contributed by atoms with Crippen molar-refractivity contribution < 1.29 is 13.9 Å². The molecule has 1 fully saturated rings. The summed E-state index contributed by atoms with van der Waals surface area (Å²) >= 11 is 0. The number of rotatable bonds is 9. The van der Waals surface area contributed by atoms with E-state index in [1.165, 1.54) is 17.7 Å². The maximum atomic E-state index is 13.6. The van der Waals surface area contributed by atoms with E-state index >= 15 is 0 Å². The predicted molar refractivity (Wildman–Crippen MR) is 152 cm³/mol. The molecular weight excluding hydrogens is 493 g/mol. The van der Waals surface area contributed by atoms with E-state index in [0.717, 1.165) is 65.6 Å². The van der Waals surface area contributed by atoms with Crippen LogP contribution >= 0.6 is 0 Å². The molecule has 2 aromatic heterocycles. The van der Waals surface area contributed by atoms with Crippen molar-refractivity contribution in [1.82, 2.24) is 14.8 Å². The van der Waals surface area contributed by atoms with E-state index in [1.54, 1.807) is 18.3 Å². The Bertz CT molecular complexity index is 1320. The molecule has 1 saturated carbocycles. The number of nitrogens with zero attached hydrogens (tertiary/aromatic N) is 3. The van der Waals surface area contributed by atoms with Gasteiger partial charge in [-0.2, -0.15) is 5.10 Å². The Balaban J connectivity index is 1.58. The summed E-state index contributed by atoms with van der Waals surface area (Å²) in [5.41, 5.74) is 5.42. The van der Waals surface area contributed by atoms with Crippen molar-refractivity contribution in [2.45, 2.75) is 90.1 Å². The van der Waals surface area contributed by atoms with Crippen LogP contribution in [0.4, 0.5) is 4.39 Å². The van der Waals surface area contributed by atoms with Gasteiger partial charge >= 0.3 is 0 Å². The second-order valence-corrected chi connectivity index (χ2v) is 16.1. The highest BCUT2D eigenvalue weighted by Gasteiger charge is 2.59. The molecule has 0 spiro atoms. The zero-order valence-corrected chi connectivity index (χ0v) is 24.3. The van der Waals surface area contributed by atoms with Crippen molar-refractivity contribution in [3.8, 4) is 5.69 Å². The summed E-state index contributed by atoms with van der Waals surface area (Å²) in [5, 5.41) is 16.3. The second-order valence-electron chi connectivity index (χ2n) is 11.4. The van der Waals surface area contributed by atoms with Crippen LogP contribution in [-0.4, -0.2) is 33.8 Å². The number of aromatic nitrogens is 3. The number of aliphatic hydroxyl groups is 1. The first-order valence-corrected chi connectivity index (χ1v) is 16.6. The highest BCUT2D eigenvalue weighted by molar-refractivity contribution is 6.73. The Morgan fingerprint density at radius 2 is 1.84 bits per heavy atom. The third-order valence-electron chi connectivity index (χ3n) is 9.56. The van der Waals surface area contributed by atoms with Gasteiger partial charge in [-0.05, 0) is 91.9 Å². The molecule has 2 aliphatic carbocycles. The number of aryl methyl sites for hydroxylation is 1. The van der Waals surface area contributed by atoms with Gasteiger partial charge < -0.3 is 9.53 Å². The van der Waals surface area contributed by atoms with Crippen molar-refractivity contribution in [2.24, 2.45) is 5.41 Å². The van der Waals surface area contributed by atoms with E-state index in [2.05, 4.69) is 38.8 Å². The van der Waals surface area contributed by atoms with Gasteiger partial charge in [-0.15, -0.1) is 0 Å². The standard InChI is InChI=1S/C31H40FN3O2Si/c1-6-38(7-2,8-3)37-31(20-28(36)29-22(4)10-9-17-33-29)16-15-24-18-27-23(19-30(24,31)5)21-34-35(27)26-13-11-25(32)12-14-26/h9-14,17-18,21,28,36H,6-8,15-16,19-20H2,1-5H3/t28?,30?,31-/m1/s1. The molecule has 5 nitrogen and oxygen atoms in total. The fourth-order valence-corrected chi connectivity index (χ4v) is 10.0. The van der Waals surface area contributed by atoms with Gasteiger partial charge in [0.25, 0.3) is 0 Å². The topological polar surface area (TPSA) is 60.2 Å². The highest BCUT2D eigenvalue weighted by atomic mass is 28.4. The van der Waals surface area contributed by atoms with Gasteiger partial charge in [0.1, 0.15) is 5.82 Å². The van der Waals surface area contributed by atoms with Crippen LogP contribution in [0.1, 0.15) is 75.6 Å². The SMILES string of the molecule is CC[Si](CC)(CC)O[C@@]1(CC(O)c2ncccc2C)CCC2=Cc3c(cnn3-c3ccc(F)cc3)CC21C. The third-order valence-corrected chi connectivity index (χ3v) is 14.2. The number of halogens is 1. The van der Waals surface area contributed by atoms with Gasteiger partial charge in [0.05, 0.1) is 35.0 Å². The molecule has 5 rings (SSSR count). The van der Waals surface area contributed by atoms with Crippen molar-refractivity contribution >= 4 is 14.4 Å². The quantitative estimate of drug-likeness (QED) is 0.292. The summed E-state index contributed by atoms with van der Waals surface area (Å²) in [5.74, 6) is -0.254. The number of fused-ring (bicyclic) bond motifs is 2. The number of hydrogen-bond donors (Lipinski definition) is 1.